The Bertz CT molecular complexity index is 923. The third-order valence-corrected chi connectivity index (χ3v) is 7.00. The Kier molecular flexibility index (Phi) is 6.55. The second kappa shape index (κ2) is 9.30. The quantitative estimate of drug-likeness (QED) is 0.578. The predicted molar refractivity (Wildman–Crippen MR) is 115 cm³/mol. The number of benzene rings is 1. The topological polar surface area (TPSA) is 73.2 Å². The summed E-state index contributed by atoms with van der Waals surface area (Å²) >= 11 is 1.34. The van der Waals surface area contributed by atoms with Crippen LogP contribution < -0.4 is 10.9 Å². The number of rotatable bonds is 6. The van der Waals surface area contributed by atoms with Crippen molar-refractivity contribution in [3.8, 4) is 0 Å². The van der Waals surface area contributed by atoms with Crippen molar-refractivity contribution >= 4 is 28.6 Å². The fourth-order valence-electron chi connectivity index (χ4n) is 4.32. The van der Waals surface area contributed by atoms with Crippen molar-refractivity contribution in [2.24, 2.45) is 5.92 Å². The van der Waals surface area contributed by atoms with Gasteiger partial charge in [-0.05, 0) is 43.7 Å². The van der Waals surface area contributed by atoms with Gasteiger partial charge in [0.25, 0.3) is 5.56 Å². The standard InChI is InChI=1S/C22H29N3O3S/c1-15-7-2-4-10-18(15)23-20(26)14-29-22-24-19-11-5-3-9-17(19)21(27)25(22)13-16-8-6-12-28-16/h3,5,9,11,15-16,18H,2,4,6-8,10,12-14H2,1H3,(H,23,26). The molecule has 1 saturated heterocycles. The van der Waals surface area contributed by atoms with Crippen LogP contribution in [-0.4, -0.2) is 40.0 Å². The molecule has 1 aromatic heterocycles. The van der Waals surface area contributed by atoms with Crippen LogP contribution in [0.2, 0.25) is 0 Å². The van der Waals surface area contributed by atoms with Crippen molar-refractivity contribution in [1.29, 1.82) is 0 Å². The molecule has 1 aliphatic carbocycles. The van der Waals surface area contributed by atoms with Gasteiger partial charge in [0.15, 0.2) is 5.16 Å². The van der Waals surface area contributed by atoms with Gasteiger partial charge in [0, 0.05) is 12.6 Å². The van der Waals surface area contributed by atoms with Gasteiger partial charge in [0.1, 0.15) is 0 Å². The van der Waals surface area contributed by atoms with Gasteiger partial charge in [0.2, 0.25) is 5.91 Å². The molecule has 1 amide bonds. The van der Waals surface area contributed by atoms with E-state index in [0.29, 0.717) is 28.5 Å². The van der Waals surface area contributed by atoms with Crippen molar-refractivity contribution in [3.05, 3.63) is 34.6 Å². The van der Waals surface area contributed by atoms with Crippen LogP contribution in [0.3, 0.4) is 0 Å². The summed E-state index contributed by atoms with van der Waals surface area (Å²) in [7, 11) is 0. The summed E-state index contributed by atoms with van der Waals surface area (Å²) in [5, 5.41) is 4.38. The second-order valence-corrected chi connectivity index (χ2v) is 9.13. The summed E-state index contributed by atoms with van der Waals surface area (Å²) in [5.74, 6) is 0.800. The van der Waals surface area contributed by atoms with Gasteiger partial charge in [-0.2, -0.15) is 0 Å². The number of hydrogen-bond donors (Lipinski definition) is 1. The number of amides is 1. The number of carbonyl (C=O) groups is 1. The van der Waals surface area contributed by atoms with E-state index < -0.39 is 0 Å². The van der Waals surface area contributed by atoms with Crippen LogP contribution in [-0.2, 0) is 16.1 Å². The van der Waals surface area contributed by atoms with Crippen LogP contribution in [0.25, 0.3) is 10.9 Å². The van der Waals surface area contributed by atoms with Crippen molar-refractivity contribution in [3.63, 3.8) is 0 Å². The van der Waals surface area contributed by atoms with Crippen LogP contribution in [0.1, 0.15) is 45.4 Å². The van der Waals surface area contributed by atoms with Crippen molar-refractivity contribution < 1.29 is 9.53 Å². The molecule has 7 heteroatoms. The molecule has 0 radical (unpaired) electrons. The summed E-state index contributed by atoms with van der Waals surface area (Å²) in [6.45, 7) is 3.44. The first-order valence-corrected chi connectivity index (χ1v) is 11.6. The van der Waals surface area contributed by atoms with Gasteiger partial charge in [-0.15, -0.1) is 0 Å². The van der Waals surface area contributed by atoms with Gasteiger partial charge in [-0.25, -0.2) is 4.98 Å². The molecule has 4 rings (SSSR count). The highest BCUT2D eigenvalue weighted by Gasteiger charge is 2.24. The number of ether oxygens (including phenoxy) is 1. The fourth-order valence-corrected chi connectivity index (χ4v) is 5.14. The Balaban J connectivity index is 1.51. The summed E-state index contributed by atoms with van der Waals surface area (Å²) in [6.07, 6.45) is 6.65. The maximum absolute atomic E-state index is 13.1. The molecule has 3 unspecified atom stereocenters. The lowest BCUT2D eigenvalue weighted by Crippen LogP contribution is -2.42. The van der Waals surface area contributed by atoms with E-state index in [9.17, 15) is 9.59 Å². The third-order valence-electron chi connectivity index (χ3n) is 6.03. The fraction of sp³-hybridized carbons (Fsp3) is 0.591. The Morgan fingerprint density at radius 1 is 1.24 bits per heavy atom. The Morgan fingerprint density at radius 2 is 2.07 bits per heavy atom. The molecule has 6 nitrogen and oxygen atoms in total. The Morgan fingerprint density at radius 3 is 2.86 bits per heavy atom. The summed E-state index contributed by atoms with van der Waals surface area (Å²) in [6, 6.07) is 7.65. The highest BCUT2D eigenvalue weighted by Crippen LogP contribution is 2.25. The van der Waals surface area contributed by atoms with Crippen LogP contribution in [0.15, 0.2) is 34.2 Å². The number of thioether (sulfide) groups is 1. The number of aromatic nitrogens is 2. The summed E-state index contributed by atoms with van der Waals surface area (Å²) in [4.78, 5) is 30.4. The number of nitrogens with zero attached hydrogens (tertiary/aromatic N) is 2. The number of hydrogen-bond acceptors (Lipinski definition) is 5. The summed E-state index contributed by atoms with van der Waals surface area (Å²) in [5.41, 5.74) is 0.611. The average molecular weight is 416 g/mol. The number of nitrogens with one attached hydrogen (secondary N) is 1. The molecule has 1 N–H and O–H groups in total. The van der Waals surface area contributed by atoms with Gasteiger partial charge in [-0.1, -0.05) is 43.7 Å². The minimum atomic E-state index is -0.0603. The first-order chi connectivity index (χ1) is 14.1. The largest absolute Gasteiger partial charge is 0.376 e. The highest BCUT2D eigenvalue weighted by molar-refractivity contribution is 7.99. The molecule has 2 heterocycles. The first-order valence-electron chi connectivity index (χ1n) is 10.6. The predicted octanol–water partition coefficient (Wildman–Crippen LogP) is 3.36. The molecular formula is C22H29N3O3S. The normalized spacial score (nSPS) is 24.7. The van der Waals surface area contributed by atoms with E-state index in [1.54, 1.807) is 4.57 Å². The smallest absolute Gasteiger partial charge is 0.262 e. The van der Waals surface area contributed by atoms with Gasteiger partial charge in [-0.3, -0.25) is 14.2 Å². The molecule has 2 aromatic rings. The molecule has 2 aliphatic rings. The minimum absolute atomic E-state index is 0.0137. The van der Waals surface area contributed by atoms with E-state index in [0.717, 1.165) is 25.9 Å². The monoisotopic (exact) mass is 415 g/mol. The molecular weight excluding hydrogens is 386 g/mol. The molecule has 0 bridgehead atoms. The van der Waals surface area contributed by atoms with Gasteiger partial charge in [0.05, 0.1) is 29.3 Å². The van der Waals surface area contributed by atoms with Crippen molar-refractivity contribution in [1.82, 2.24) is 14.9 Å². The third kappa shape index (κ3) is 4.83. The van der Waals surface area contributed by atoms with Crippen LogP contribution in [0.5, 0.6) is 0 Å². The Labute approximate surface area is 175 Å². The second-order valence-electron chi connectivity index (χ2n) is 8.19. The molecule has 1 saturated carbocycles. The Hall–Kier alpha value is -1.86. The molecule has 1 aliphatic heterocycles. The average Bonchev–Trinajstić information content (AvgIpc) is 3.24. The zero-order chi connectivity index (χ0) is 20.2. The maximum atomic E-state index is 13.1. The zero-order valence-electron chi connectivity index (χ0n) is 16.9. The molecule has 156 valence electrons. The van der Waals surface area contributed by atoms with E-state index in [-0.39, 0.29) is 29.4 Å². The van der Waals surface area contributed by atoms with Crippen LogP contribution in [0, 0.1) is 5.92 Å². The van der Waals surface area contributed by atoms with Crippen LogP contribution in [0.4, 0.5) is 0 Å². The first kappa shape index (κ1) is 20.4. The number of carbonyl (C=O) groups excluding carboxylic acids is 1. The highest BCUT2D eigenvalue weighted by atomic mass is 32.2. The van der Waals surface area contributed by atoms with Crippen molar-refractivity contribution in [2.45, 2.75) is 69.3 Å². The lowest BCUT2D eigenvalue weighted by atomic mass is 9.86. The number of fused-ring (bicyclic) bond motifs is 1. The van der Waals surface area contributed by atoms with E-state index in [1.807, 2.05) is 24.3 Å². The summed E-state index contributed by atoms with van der Waals surface area (Å²) < 4.78 is 7.43. The molecule has 29 heavy (non-hydrogen) atoms. The van der Waals surface area contributed by atoms with E-state index >= 15 is 0 Å². The van der Waals surface area contributed by atoms with E-state index in [2.05, 4.69) is 12.2 Å². The van der Waals surface area contributed by atoms with E-state index in [1.165, 1.54) is 31.0 Å². The lowest BCUT2D eigenvalue weighted by molar-refractivity contribution is -0.119. The lowest BCUT2D eigenvalue weighted by Gasteiger charge is -2.29. The van der Waals surface area contributed by atoms with Crippen molar-refractivity contribution in [2.75, 3.05) is 12.4 Å². The maximum Gasteiger partial charge on any atom is 0.262 e. The van der Waals surface area contributed by atoms with Gasteiger partial charge < -0.3 is 10.1 Å². The molecule has 3 atom stereocenters. The van der Waals surface area contributed by atoms with Crippen LogP contribution >= 0.6 is 11.8 Å². The number of para-hydroxylation sites is 1. The van der Waals surface area contributed by atoms with E-state index in [4.69, 9.17) is 9.72 Å². The van der Waals surface area contributed by atoms with Gasteiger partial charge >= 0.3 is 0 Å². The SMILES string of the molecule is CC1CCCCC1NC(=O)CSc1nc2ccccc2c(=O)n1CC1CCCO1. The molecule has 2 fully saturated rings. The zero-order valence-corrected chi connectivity index (χ0v) is 17.7. The molecule has 0 spiro atoms. The molecule has 1 aromatic carbocycles. The minimum Gasteiger partial charge on any atom is -0.376 e.